The molecule has 8 heteroatoms. The van der Waals surface area contributed by atoms with Crippen molar-refractivity contribution >= 4 is 18.0 Å². The summed E-state index contributed by atoms with van der Waals surface area (Å²) in [6.07, 6.45) is -0.615. The fraction of sp³-hybridized carbons (Fsp3) is 0.500. The third-order valence-electron chi connectivity index (χ3n) is 5.46. The summed E-state index contributed by atoms with van der Waals surface area (Å²) in [6.45, 7) is 14.4. The normalized spacial score (nSPS) is 13.4. The molecule has 0 aromatic heterocycles. The van der Waals surface area contributed by atoms with Gasteiger partial charge in [-0.2, -0.15) is 0 Å². The van der Waals surface area contributed by atoms with Gasteiger partial charge in [0.2, 0.25) is 0 Å². The second kappa shape index (κ2) is 13.4. The molecule has 0 heterocycles. The number of alkyl carbamates (subject to hydrolysis) is 1. The first-order valence-corrected chi connectivity index (χ1v) is 12.9. The lowest BCUT2D eigenvalue weighted by Crippen LogP contribution is -2.47. The summed E-state index contributed by atoms with van der Waals surface area (Å²) in [7, 11) is 0. The van der Waals surface area contributed by atoms with Gasteiger partial charge in [-0.3, -0.25) is 4.79 Å². The van der Waals surface area contributed by atoms with Crippen LogP contribution in [0.4, 0.5) is 4.79 Å². The summed E-state index contributed by atoms with van der Waals surface area (Å²) in [6, 6.07) is 16.2. The number of amides is 1. The lowest BCUT2D eigenvalue weighted by Gasteiger charge is -2.28. The number of nitrogens with one attached hydrogen (secondary N) is 2. The van der Waals surface area contributed by atoms with Crippen molar-refractivity contribution in [3.8, 4) is 0 Å². The van der Waals surface area contributed by atoms with Crippen molar-refractivity contribution < 1.29 is 28.7 Å². The lowest BCUT2D eigenvalue weighted by molar-refractivity contribution is -0.160. The van der Waals surface area contributed by atoms with Crippen LogP contribution in [0.2, 0.25) is 0 Å². The molecule has 0 aliphatic heterocycles. The van der Waals surface area contributed by atoms with Crippen LogP contribution in [-0.2, 0) is 23.9 Å². The van der Waals surface area contributed by atoms with Crippen molar-refractivity contribution in [3.63, 3.8) is 0 Å². The molecule has 0 aliphatic rings. The Labute approximate surface area is 226 Å². The van der Waals surface area contributed by atoms with E-state index < -0.39 is 41.3 Å². The molecule has 2 aromatic carbocycles. The topological polar surface area (TPSA) is 103 Å². The van der Waals surface area contributed by atoms with Crippen molar-refractivity contribution in [1.29, 1.82) is 0 Å². The number of benzene rings is 2. The minimum absolute atomic E-state index is 0.0876. The third-order valence-corrected chi connectivity index (χ3v) is 5.46. The smallest absolute Gasteiger partial charge is 0.408 e. The average Bonchev–Trinajstić information content (AvgIpc) is 2.78. The highest BCUT2D eigenvalue weighted by molar-refractivity contribution is 5.81. The molecule has 2 N–H and O–H groups in total. The monoisotopic (exact) mass is 526 g/mol. The van der Waals surface area contributed by atoms with E-state index in [-0.39, 0.29) is 12.3 Å². The molecule has 1 unspecified atom stereocenters. The Hall–Kier alpha value is -3.39. The highest BCUT2D eigenvalue weighted by Gasteiger charge is 2.32. The van der Waals surface area contributed by atoms with Crippen LogP contribution in [0.1, 0.15) is 84.0 Å². The molecule has 2 aromatic rings. The minimum Gasteiger partial charge on any atom is -0.460 e. The maximum absolute atomic E-state index is 13.1. The number of carbonyl (C=O) groups excluding carboxylic acids is 3. The lowest BCUT2D eigenvalue weighted by atomic mass is 9.99. The van der Waals surface area contributed by atoms with Crippen molar-refractivity contribution in [2.45, 2.75) is 91.5 Å². The van der Waals surface area contributed by atoms with E-state index in [1.54, 1.807) is 34.6 Å². The Morgan fingerprint density at radius 3 is 1.97 bits per heavy atom. The predicted molar refractivity (Wildman–Crippen MR) is 146 cm³/mol. The Morgan fingerprint density at radius 2 is 1.42 bits per heavy atom. The van der Waals surface area contributed by atoms with Crippen LogP contribution in [0, 0.1) is 12.8 Å². The van der Waals surface area contributed by atoms with Crippen LogP contribution >= 0.6 is 0 Å². The first-order valence-electron chi connectivity index (χ1n) is 12.9. The zero-order valence-corrected chi connectivity index (χ0v) is 23.8. The summed E-state index contributed by atoms with van der Waals surface area (Å²) in [4.78, 5) is 43.6. The van der Waals surface area contributed by atoms with Crippen LogP contribution in [0.15, 0.2) is 54.6 Å². The number of carbonyl (C=O) groups is 3. The van der Waals surface area contributed by atoms with Gasteiger partial charge in [-0.1, -0.05) is 74.0 Å². The van der Waals surface area contributed by atoms with Gasteiger partial charge in [0.25, 0.3) is 0 Å². The zero-order chi connectivity index (χ0) is 28.5. The molecular weight excluding hydrogens is 484 g/mol. The van der Waals surface area contributed by atoms with Gasteiger partial charge in [-0.25, -0.2) is 9.59 Å². The van der Waals surface area contributed by atoms with Gasteiger partial charge < -0.3 is 19.6 Å². The van der Waals surface area contributed by atoms with Crippen LogP contribution in [-0.4, -0.2) is 35.3 Å². The van der Waals surface area contributed by atoms with Gasteiger partial charge in [0.15, 0.2) is 0 Å². The van der Waals surface area contributed by atoms with Crippen LogP contribution < -0.4 is 10.8 Å². The number of rotatable bonds is 11. The standard InChI is InChI=1S/C30H42N2O6/c1-20(2)18-24(31-28(35)37-30(7,8)19-25(33)36-29(4,5)6)27(34)38-32-26(22-12-10-9-11-13-22)23-16-14-21(3)15-17-23/h9-17,20,24,26,32H,18-19H2,1-8H3,(H,31,35)/t24-,26?/m0/s1. The van der Waals surface area contributed by atoms with Crippen molar-refractivity contribution in [2.75, 3.05) is 0 Å². The SMILES string of the molecule is Cc1ccc(C(NOC(=O)[C@H](CC(C)C)NC(=O)OC(C)(C)CC(=O)OC(C)(C)C)c2ccccc2)cc1. The zero-order valence-electron chi connectivity index (χ0n) is 23.8. The van der Waals surface area contributed by atoms with E-state index in [2.05, 4.69) is 10.8 Å². The Bertz CT molecular complexity index is 1060. The fourth-order valence-corrected chi connectivity index (χ4v) is 3.79. The fourth-order valence-electron chi connectivity index (χ4n) is 3.79. The van der Waals surface area contributed by atoms with Crippen LogP contribution in [0.5, 0.6) is 0 Å². The summed E-state index contributed by atoms with van der Waals surface area (Å²) >= 11 is 0. The number of aryl methyl sites for hydroxylation is 1. The molecule has 0 saturated carbocycles. The molecule has 0 saturated heterocycles. The molecule has 0 spiro atoms. The number of hydrogen-bond acceptors (Lipinski definition) is 7. The van der Waals surface area contributed by atoms with Crippen molar-refractivity contribution in [3.05, 3.63) is 71.3 Å². The molecule has 0 aliphatic carbocycles. The van der Waals surface area contributed by atoms with Crippen molar-refractivity contribution in [2.24, 2.45) is 5.92 Å². The Balaban J connectivity index is 2.08. The molecule has 2 rings (SSSR count). The van der Waals surface area contributed by atoms with Gasteiger partial charge in [0.05, 0.1) is 12.5 Å². The van der Waals surface area contributed by atoms with E-state index in [0.717, 1.165) is 16.7 Å². The van der Waals surface area contributed by atoms with E-state index in [1.807, 2.05) is 75.4 Å². The van der Waals surface area contributed by atoms with E-state index in [4.69, 9.17) is 14.3 Å². The molecule has 208 valence electrons. The van der Waals surface area contributed by atoms with Crippen molar-refractivity contribution in [1.82, 2.24) is 10.8 Å². The van der Waals surface area contributed by atoms with Gasteiger partial charge in [-0.05, 0) is 65.0 Å². The van der Waals surface area contributed by atoms with E-state index >= 15 is 0 Å². The van der Waals surface area contributed by atoms with E-state index in [9.17, 15) is 14.4 Å². The van der Waals surface area contributed by atoms with Gasteiger partial charge in [-0.15, -0.1) is 5.48 Å². The molecule has 0 radical (unpaired) electrons. The maximum atomic E-state index is 13.1. The molecule has 0 bridgehead atoms. The predicted octanol–water partition coefficient (Wildman–Crippen LogP) is 5.78. The number of hydroxylamine groups is 1. The molecule has 0 fully saturated rings. The maximum Gasteiger partial charge on any atom is 0.408 e. The molecule has 38 heavy (non-hydrogen) atoms. The largest absolute Gasteiger partial charge is 0.460 e. The highest BCUT2D eigenvalue weighted by Crippen LogP contribution is 2.23. The average molecular weight is 527 g/mol. The Morgan fingerprint density at radius 1 is 0.842 bits per heavy atom. The molecule has 2 atom stereocenters. The second-order valence-electron chi connectivity index (χ2n) is 11.5. The molecule has 8 nitrogen and oxygen atoms in total. The second-order valence-corrected chi connectivity index (χ2v) is 11.5. The molecule has 1 amide bonds. The quantitative estimate of drug-likeness (QED) is 0.217. The van der Waals surface area contributed by atoms with E-state index in [0.29, 0.717) is 6.42 Å². The molecular formula is C30H42N2O6. The first kappa shape index (κ1) is 30.8. The number of hydrogen-bond donors (Lipinski definition) is 2. The summed E-state index contributed by atoms with van der Waals surface area (Å²) in [5, 5.41) is 2.61. The highest BCUT2D eigenvalue weighted by atomic mass is 16.7. The van der Waals surface area contributed by atoms with Crippen LogP contribution in [0.3, 0.4) is 0 Å². The summed E-state index contributed by atoms with van der Waals surface area (Å²) < 4.78 is 10.8. The minimum atomic E-state index is -1.14. The number of ether oxygens (including phenoxy) is 2. The first-order chi connectivity index (χ1) is 17.6. The van der Waals surface area contributed by atoms with Gasteiger partial charge >= 0.3 is 18.0 Å². The third kappa shape index (κ3) is 10.9. The van der Waals surface area contributed by atoms with E-state index in [1.165, 1.54) is 0 Å². The Kier molecular flexibility index (Phi) is 10.9. The van der Waals surface area contributed by atoms with Gasteiger partial charge in [0.1, 0.15) is 17.2 Å². The van der Waals surface area contributed by atoms with Gasteiger partial charge in [0, 0.05) is 0 Å². The van der Waals surface area contributed by atoms with Crippen LogP contribution in [0.25, 0.3) is 0 Å². The number of esters is 1. The summed E-state index contributed by atoms with van der Waals surface area (Å²) in [5.41, 5.74) is 4.06. The summed E-state index contributed by atoms with van der Waals surface area (Å²) in [5.74, 6) is -1.04.